The smallest absolute Gasteiger partial charge is 0.227 e. The van der Waals surface area contributed by atoms with E-state index in [2.05, 4.69) is 22.8 Å². The van der Waals surface area contributed by atoms with Gasteiger partial charge in [0.05, 0.1) is 25.0 Å². The molecular weight excluding hydrogens is 342 g/mol. The van der Waals surface area contributed by atoms with Gasteiger partial charge in [-0.2, -0.15) is 4.98 Å². The quantitative estimate of drug-likeness (QED) is 0.798. The van der Waals surface area contributed by atoms with Crippen LogP contribution in [0.25, 0.3) is 11.3 Å². The van der Waals surface area contributed by atoms with Crippen LogP contribution in [0.5, 0.6) is 0 Å². The molecule has 144 valence electrons. The van der Waals surface area contributed by atoms with E-state index in [1.807, 2.05) is 18.2 Å². The summed E-state index contributed by atoms with van der Waals surface area (Å²) in [7, 11) is 0. The number of aromatic nitrogens is 2. The molecule has 1 aromatic heterocycles. The van der Waals surface area contributed by atoms with Gasteiger partial charge in [-0.05, 0) is 37.5 Å². The van der Waals surface area contributed by atoms with E-state index in [0.29, 0.717) is 13.2 Å². The van der Waals surface area contributed by atoms with Crippen LogP contribution in [0, 0.1) is 6.92 Å². The lowest BCUT2D eigenvalue weighted by molar-refractivity contribution is 0.122. The predicted molar refractivity (Wildman–Crippen MR) is 107 cm³/mol. The maximum absolute atomic E-state index is 9.83. The van der Waals surface area contributed by atoms with Gasteiger partial charge in [0.1, 0.15) is 5.82 Å². The van der Waals surface area contributed by atoms with Crippen LogP contribution in [0.3, 0.4) is 0 Å². The largest absolute Gasteiger partial charge is 0.399 e. The summed E-state index contributed by atoms with van der Waals surface area (Å²) in [5.41, 5.74) is 9.81. The van der Waals surface area contributed by atoms with Gasteiger partial charge in [-0.3, -0.25) is 0 Å². The highest BCUT2D eigenvalue weighted by Crippen LogP contribution is 2.30. The third kappa shape index (κ3) is 3.99. The first kappa shape index (κ1) is 18.0. The SMILES string of the molecule is Cc1ccc(N)cc1-c1cc(N2CCOCC2)nc(N2CCC(O)CC2)n1. The van der Waals surface area contributed by atoms with Crippen molar-refractivity contribution in [3.63, 3.8) is 0 Å². The van der Waals surface area contributed by atoms with Crippen LogP contribution >= 0.6 is 0 Å². The predicted octanol–water partition coefficient (Wildman–Crippen LogP) is 1.83. The molecule has 4 rings (SSSR count). The van der Waals surface area contributed by atoms with Crippen LogP contribution in [0.4, 0.5) is 17.5 Å². The van der Waals surface area contributed by atoms with Gasteiger partial charge in [0.2, 0.25) is 5.95 Å². The van der Waals surface area contributed by atoms with Crippen LogP contribution in [0.15, 0.2) is 24.3 Å². The molecule has 0 radical (unpaired) electrons. The van der Waals surface area contributed by atoms with Crippen LogP contribution in [-0.2, 0) is 4.74 Å². The van der Waals surface area contributed by atoms with E-state index in [4.69, 9.17) is 20.4 Å². The minimum atomic E-state index is -0.223. The highest BCUT2D eigenvalue weighted by atomic mass is 16.5. The molecule has 1 aromatic carbocycles. The molecule has 0 saturated carbocycles. The number of nitrogen functional groups attached to an aromatic ring is 1. The average Bonchev–Trinajstić information content (AvgIpc) is 2.70. The topological polar surface area (TPSA) is 87.7 Å². The lowest BCUT2D eigenvalue weighted by Crippen LogP contribution is -2.39. The van der Waals surface area contributed by atoms with Crippen molar-refractivity contribution >= 4 is 17.5 Å². The Balaban J connectivity index is 1.75. The van der Waals surface area contributed by atoms with Gasteiger partial charge in [-0.15, -0.1) is 0 Å². The molecule has 2 aromatic rings. The van der Waals surface area contributed by atoms with Crippen molar-refractivity contribution in [2.75, 3.05) is 54.9 Å². The maximum atomic E-state index is 9.83. The molecule has 2 aliphatic rings. The molecule has 27 heavy (non-hydrogen) atoms. The van der Waals surface area contributed by atoms with Crippen LogP contribution < -0.4 is 15.5 Å². The van der Waals surface area contributed by atoms with E-state index >= 15 is 0 Å². The number of aliphatic hydroxyl groups is 1. The van der Waals surface area contributed by atoms with E-state index in [9.17, 15) is 5.11 Å². The highest BCUT2D eigenvalue weighted by Gasteiger charge is 2.22. The first-order chi connectivity index (χ1) is 13.1. The van der Waals surface area contributed by atoms with Crippen molar-refractivity contribution in [2.45, 2.75) is 25.9 Å². The number of ether oxygens (including phenoxy) is 1. The summed E-state index contributed by atoms with van der Waals surface area (Å²) < 4.78 is 5.49. The van der Waals surface area contributed by atoms with Gasteiger partial charge in [-0.25, -0.2) is 4.98 Å². The molecule has 0 spiro atoms. The van der Waals surface area contributed by atoms with Crippen molar-refractivity contribution in [3.8, 4) is 11.3 Å². The van der Waals surface area contributed by atoms with Crippen molar-refractivity contribution in [1.29, 1.82) is 0 Å². The fourth-order valence-electron chi connectivity index (χ4n) is 3.64. The second-order valence-electron chi connectivity index (χ2n) is 7.30. The number of benzene rings is 1. The van der Waals surface area contributed by atoms with E-state index < -0.39 is 0 Å². The van der Waals surface area contributed by atoms with Crippen LogP contribution in [0.2, 0.25) is 0 Å². The normalized spacial score (nSPS) is 18.7. The lowest BCUT2D eigenvalue weighted by atomic mass is 10.0. The van der Waals surface area contributed by atoms with Gasteiger partial charge in [0.25, 0.3) is 0 Å². The van der Waals surface area contributed by atoms with Crippen molar-refractivity contribution in [1.82, 2.24) is 9.97 Å². The minimum absolute atomic E-state index is 0.223. The van der Waals surface area contributed by atoms with Crippen molar-refractivity contribution in [3.05, 3.63) is 29.8 Å². The number of aliphatic hydroxyl groups excluding tert-OH is 1. The molecule has 7 nitrogen and oxygen atoms in total. The number of aryl methyl sites for hydroxylation is 1. The number of anilines is 3. The maximum Gasteiger partial charge on any atom is 0.227 e. The van der Waals surface area contributed by atoms with Gasteiger partial charge >= 0.3 is 0 Å². The van der Waals surface area contributed by atoms with Gasteiger partial charge in [-0.1, -0.05) is 6.07 Å². The van der Waals surface area contributed by atoms with E-state index in [1.54, 1.807) is 0 Å². The number of piperidine rings is 1. The second kappa shape index (κ2) is 7.70. The lowest BCUT2D eigenvalue weighted by Gasteiger charge is -2.32. The van der Waals surface area contributed by atoms with Crippen LogP contribution in [-0.4, -0.2) is 60.6 Å². The van der Waals surface area contributed by atoms with E-state index in [-0.39, 0.29) is 6.10 Å². The Bertz CT molecular complexity index is 799. The second-order valence-corrected chi connectivity index (χ2v) is 7.30. The third-order valence-corrected chi connectivity index (χ3v) is 5.32. The zero-order valence-corrected chi connectivity index (χ0v) is 15.8. The van der Waals surface area contributed by atoms with Gasteiger partial charge in [0, 0.05) is 43.5 Å². The van der Waals surface area contributed by atoms with Crippen molar-refractivity contribution < 1.29 is 9.84 Å². The Kier molecular flexibility index (Phi) is 5.13. The van der Waals surface area contributed by atoms with Gasteiger partial charge < -0.3 is 25.4 Å². The minimum Gasteiger partial charge on any atom is -0.399 e. The summed E-state index contributed by atoms with van der Waals surface area (Å²) in [6.45, 7) is 6.67. The summed E-state index contributed by atoms with van der Waals surface area (Å²) in [4.78, 5) is 14.1. The molecule has 2 saturated heterocycles. The zero-order valence-electron chi connectivity index (χ0n) is 15.8. The number of morpholine rings is 1. The molecule has 0 bridgehead atoms. The molecule has 2 aliphatic heterocycles. The Morgan fingerprint density at radius 3 is 2.52 bits per heavy atom. The third-order valence-electron chi connectivity index (χ3n) is 5.32. The van der Waals surface area contributed by atoms with E-state index in [0.717, 1.165) is 73.3 Å². The fourth-order valence-corrected chi connectivity index (χ4v) is 3.64. The Labute approximate surface area is 159 Å². The monoisotopic (exact) mass is 369 g/mol. The number of nitrogens with two attached hydrogens (primary N) is 1. The average molecular weight is 369 g/mol. The summed E-state index contributed by atoms with van der Waals surface area (Å²) in [5, 5.41) is 9.83. The first-order valence-corrected chi connectivity index (χ1v) is 9.61. The Morgan fingerprint density at radius 1 is 1.04 bits per heavy atom. The van der Waals surface area contributed by atoms with E-state index in [1.165, 1.54) is 0 Å². The first-order valence-electron chi connectivity index (χ1n) is 9.61. The fraction of sp³-hybridized carbons (Fsp3) is 0.500. The molecule has 0 amide bonds. The Morgan fingerprint density at radius 2 is 1.78 bits per heavy atom. The molecular formula is C20H27N5O2. The number of hydrogen-bond acceptors (Lipinski definition) is 7. The van der Waals surface area contributed by atoms with Crippen LogP contribution in [0.1, 0.15) is 18.4 Å². The summed E-state index contributed by atoms with van der Waals surface area (Å²) in [5.74, 6) is 1.65. The number of hydrogen-bond donors (Lipinski definition) is 2. The van der Waals surface area contributed by atoms with Crippen molar-refractivity contribution in [2.24, 2.45) is 0 Å². The molecule has 3 N–H and O–H groups in total. The summed E-state index contributed by atoms with van der Waals surface area (Å²) >= 11 is 0. The molecule has 7 heteroatoms. The molecule has 0 aliphatic carbocycles. The number of rotatable bonds is 3. The summed E-state index contributed by atoms with van der Waals surface area (Å²) in [6.07, 6.45) is 1.27. The number of nitrogens with zero attached hydrogens (tertiary/aromatic N) is 4. The molecule has 2 fully saturated rings. The molecule has 0 unspecified atom stereocenters. The standard InChI is InChI=1S/C20H27N5O2/c1-14-2-3-15(21)12-17(14)18-13-19(24-8-10-27-11-9-24)23-20(22-18)25-6-4-16(26)5-7-25/h2-3,12-13,16,26H,4-11,21H2,1H3. The summed E-state index contributed by atoms with van der Waals surface area (Å²) in [6, 6.07) is 7.97. The van der Waals surface area contributed by atoms with Gasteiger partial charge in [0.15, 0.2) is 0 Å². The highest BCUT2D eigenvalue weighted by molar-refractivity contribution is 5.71. The molecule has 0 atom stereocenters. The Hall–Kier alpha value is -2.38. The zero-order chi connectivity index (χ0) is 18.8. The molecule has 3 heterocycles.